The molecule has 1 heterocycles. The Morgan fingerprint density at radius 3 is 2.04 bits per heavy atom. The molecule has 0 unspecified atom stereocenters. The average Bonchev–Trinajstić information content (AvgIpc) is 3.23. The second-order valence-corrected chi connectivity index (χ2v) is 10.1. The number of sulfone groups is 1. The first-order valence-corrected chi connectivity index (χ1v) is 11.8. The highest BCUT2D eigenvalue weighted by molar-refractivity contribution is 8.00. The van der Waals surface area contributed by atoms with E-state index < -0.39 is 9.84 Å². The number of hydrogen-bond acceptors (Lipinski definition) is 6. The van der Waals surface area contributed by atoms with Crippen LogP contribution < -0.4 is 0 Å². The second-order valence-electron chi connectivity index (χ2n) is 5.99. The summed E-state index contributed by atoms with van der Waals surface area (Å²) in [5.74, 6) is 0.837. The van der Waals surface area contributed by atoms with E-state index in [2.05, 4.69) is 22.3 Å². The Bertz CT molecular complexity index is 1160. The van der Waals surface area contributed by atoms with E-state index in [4.69, 9.17) is 0 Å². The van der Waals surface area contributed by atoms with Crippen LogP contribution >= 0.6 is 23.1 Å². The molecule has 1 aromatic heterocycles. The maximum absolute atomic E-state index is 12.7. The molecule has 0 saturated heterocycles. The van der Waals surface area contributed by atoms with Crippen LogP contribution in [0.1, 0.15) is 5.56 Å². The van der Waals surface area contributed by atoms with Crippen molar-refractivity contribution in [1.82, 2.24) is 10.2 Å². The number of thioether (sulfide) groups is 1. The monoisotopic (exact) mass is 424 g/mol. The van der Waals surface area contributed by atoms with Gasteiger partial charge in [0.1, 0.15) is 5.01 Å². The van der Waals surface area contributed by atoms with Crippen molar-refractivity contribution in [3.63, 3.8) is 0 Å². The molecule has 0 spiro atoms. The maximum atomic E-state index is 12.7. The fourth-order valence-electron chi connectivity index (χ4n) is 2.62. The smallest absolute Gasteiger partial charge is 0.206 e. The van der Waals surface area contributed by atoms with Crippen LogP contribution in [0, 0.1) is 0 Å². The van der Waals surface area contributed by atoms with E-state index in [9.17, 15) is 8.42 Å². The molecular weight excluding hydrogens is 408 g/mol. The Labute approximate surface area is 172 Å². The van der Waals surface area contributed by atoms with Crippen molar-refractivity contribution in [2.75, 3.05) is 0 Å². The van der Waals surface area contributed by atoms with Crippen molar-refractivity contribution in [3.05, 3.63) is 90.5 Å². The molecule has 0 saturated carbocycles. The molecule has 0 radical (unpaired) electrons. The third-order valence-electron chi connectivity index (χ3n) is 4.08. The van der Waals surface area contributed by atoms with Gasteiger partial charge in [0, 0.05) is 11.3 Å². The molecule has 0 aliphatic carbocycles. The van der Waals surface area contributed by atoms with Crippen LogP contribution in [0.3, 0.4) is 0 Å². The summed E-state index contributed by atoms with van der Waals surface area (Å²) in [7, 11) is -3.51. The first-order chi connectivity index (χ1) is 13.6. The second kappa shape index (κ2) is 8.26. The summed E-state index contributed by atoms with van der Waals surface area (Å²) in [6, 6.07) is 25.4. The Balaban J connectivity index is 1.49. The van der Waals surface area contributed by atoms with E-state index >= 15 is 0 Å². The van der Waals surface area contributed by atoms with Crippen LogP contribution in [0.5, 0.6) is 0 Å². The highest BCUT2D eigenvalue weighted by Crippen LogP contribution is 2.32. The topological polar surface area (TPSA) is 59.9 Å². The van der Waals surface area contributed by atoms with Crippen LogP contribution in [0.25, 0.3) is 10.6 Å². The van der Waals surface area contributed by atoms with Gasteiger partial charge in [-0.1, -0.05) is 83.8 Å². The van der Waals surface area contributed by atoms with Crippen LogP contribution in [0.4, 0.5) is 0 Å². The zero-order chi connectivity index (χ0) is 19.4. The number of hydrogen-bond donors (Lipinski definition) is 0. The normalized spacial score (nSPS) is 11.4. The molecule has 0 atom stereocenters. The van der Waals surface area contributed by atoms with Gasteiger partial charge in [0.15, 0.2) is 4.34 Å². The standard InChI is InChI=1S/C21H16N2O2S3/c24-28(25,18-9-5-2-6-10-18)19-13-11-17(12-14-19)20-22-23-21(27-20)26-15-16-7-3-1-4-8-16/h1-14H,15H2. The molecule has 0 aliphatic heterocycles. The molecule has 0 bridgehead atoms. The molecule has 4 aromatic rings. The lowest BCUT2D eigenvalue weighted by Gasteiger charge is -2.05. The van der Waals surface area contributed by atoms with Crippen molar-refractivity contribution in [1.29, 1.82) is 0 Å². The lowest BCUT2D eigenvalue weighted by atomic mass is 10.2. The fraction of sp³-hybridized carbons (Fsp3) is 0.0476. The zero-order valence-electron chi connectivity index (χ0n) is 14.7. The van der Waals surface area contributed by atoms with Crippen LogP contribution in [0.15, 0.2) is 99.1 Å². The highest BCUT2D eigenvalue weighted by atomic mass is 32.2. The number of rotatable bonds is 6. The maximum Gasteiger partial charge on any atom is 0.206 e. The van der Waals surface area contributed by atoms with Crippen molar-refractivity contribution in [2.45, 2.75) is 19.9 Å². The van der Waals surface area contributed by atoms with Gasteiger partial charge < -0.3 is 0 Å². The van der Waals surface area contributed by atoms with Gasteiger partial charge in [0.05, 0.1) is 9.79 Å². The summed E-state index contributed by atoms with van der Waals surface area (Å²) in [5.41, 5.74) is 2.09. The van der Waals surface area contributed by atoms with Crippen LogP contribution in [-0.2, 0) is 15.6 Å². The third-order valence-corrected chi connectivity index (χ3v) is 8.04. The summed E-state index contributed by atoms with van der Waals surface area (Å²) >= 11 is 3.15. The summed E-state index contributed by atoms with van der Waals surface area (Å²) in [5, 5.41) is 9.26. The molecule has 3 aromatic carbocycles. The zero-order valence-corrected chi connectivity index (χ0v) is 17.2. The van der Waals surface area contributed by atoms with Crippen LogP contribution in [-0.4, -0.2) is 18.6 Å². The van der Waals surface area contributed by atoms with E-state index in [0.717, 1.165) is 20.7 Å². The summed E-state index contributed by atoms with van der Waals surface area (Å²) in [6.07, 6.45) is 0. The highest BCUT2D eigenvalue weighted by Gasteiger charge is 2.17. The molecule has 28 heavy (non-hydrogen) atoms. The van der Waals surface area contributed by atoms with Gasteiger partial charge in [-0.05, 0) is 29.8 Å². The average molecular weight is 425 g/mol. The van der Waals surface area contributed by atoms with Gasteiger partial charge in [-0.15, -0.1) is 10.2 Å². The van der Waals surface area contributed by atoms with Crippen molar-refractivity contribution >= 4 is 32.9 Å². The van der Waals surface area contributed by atoms with Crippen LogP contribution in [0.2, 0.25) is 0 Å². The molecule has 7 heteroatoms. The molecular formula is C21H16N2O2S3. The van der Waals surface area contributed by atoms with Crippen molar-refractivity contribution in [3.8, 4) is 10.6 Å². The van der Waals surface area contributed by atoms with Gasteiger partial charge in [-0.3, -0.25) is 0 Å². The number of aromatic nitrogens is 2. The Kier molecular flexibility index (Phi) is 5.57. The van der Waals surface area contributed by atoms with Crippen molar-refractivity contribution < 1.29 is 8.42 Å². The lowest BCUT2D eigenvalue weighted by Crippen LogP contribution is -2.01. The van der Waals surface area contributed by atoms with E-state index in [1.807, 2.05) is 18.2 Å². The van der Waals surface area contributed by atoms with E-state index in [1.165, 1.54) is 16.9 Å². The molecule has 0 aliphatic rings. The molecule has 4 nitrogen and oxygen atoms in total. The van der Waals surface area contributed by atoms with Gasteiger partial charge in [0.25, 0.3) is 0 Å². The fourth-order valence-corrected chi connectivity index (χ4v) is 5.71. The van der Waals surface area contributed by atoms with E-state index in [0.29, 0.717) is 4.90 Å². The molecule has 0 fully saturated rings. The summed E-state index contributed by atoms with van der Waals surface area (Å²) < 4.78 is 26.2. The van der Waals surface area contributed by atoms with Crippen molar-refractivity contribution in [2.24, 2.45) is 0 Å². The first kappa shape index (κ1) is 18.9. The van der Waals surface area contributed by atoms with Gasteiger partial charge in [-0.25, -0.2) is 8.42 Å². The summed E-state index contributed by atoms with van der Waals surface area (Å²) in [6.45, 7) is 0. The van der Waals surface area contributed by atoms with E-state index in [-0.39, 0.29) is 4.90 Å². The van der Waals surface area contributed by atoms with Gasteiger partial charge in [-0.2, -0.15) is 0 Å². The minimum atomic E-state index is -3.51. The SMILES string of the molecule is O=S(=O)(c1ccccc1)c1ccc(-c2nnc(SCc3ccccc3)s2)cc1. The summed E-state index contributed by atoms with van der Waals surface area (Å²) in [4.78, 5) is 0.559. The number of nitrogens with zero attached hydrogens (tertiary/aromatic N) is 2. The minimum absolute atomic E-state index is 0.269. The predicted octanol–water partition coefficient (Wildman–Crippen LogP) is 5.33. The molecule has 0 amide bonds. The Hall–Kier alpha value is -2.48. The molecule has 4 rings (SSSR count). The molecule has 0 N–H and O–H groups in total. The predicted molar refractivity (Wildman–Crippen MR) is 113 cm³/mol. The largest absolute Gasteiger partial charge is 0.219 e. The third kappa shape index (κ3) is 4.16. The molecule has 140 valence electrons. The lowest BCUT2D eigenvalue weighted by molar-refractivity contribution is 0.596. The quantitative estimate of drug-likeness (QED) is 0.392. The van der Waals surface area contributed by atoms with Gasteiger partial charge in [0.2, 0.25) is 9.84 Å². The van der Waals surface area contributed by atoms with E-state index in [1.54, 1.807) is 66.4 Å². The number of benzene rings is 3. The first-order valence-electron chi connectivity index (χ1n) is 8.54. The Morgan fingerprint density at radius 2 is 1.36 bits per heavy atom. The van der Waals surface area contributed by atoms with Gasteiger partial charge >= 0.3 is 0 Å². The Morgan fingerprint density at radius 1 is 0.750 bits per heavy atom. The minimum Gasteiger partial charge on any atom is -0.219 e.